The summed E-state index contributed by atoms with van der Waals surface area (Å²) in [5.74, 6) is 0.538. The molecule has 2 atom stereocenters. The highest BCUT2D eigenvalue weighted by Crippen LogP contribution is 2.16. The molecule has 0 radical (unpaired) electrons. The summed E-state index contributed by atoms with van der Waals surface area (Å²) in [7, 11) is 1.47. The molecular weight excluding hydrogens is 208 g/mol. The smallest absolute Gasteiger partial charge is 0.336 e. The molecule has 2 N–H and O–H groups in total. The van der Waals surface area contributed by atoms with Crippen LogP contribution < -0.4 is 10.1 Å². The fourth-order valence-corrected chi connectivity index (χ4v) is 1.24. The predicted octanol–water partition coefficient (Wildman–Crippen LogP) is 1.43. The molecule has 0 saturated heterocycles. The van der Waals surface area contributed by atoms with Gasteiger partial charge in [0.2, 0.25) is 11.9 Å². The number of carbonyl (C=O) groups is 1. The summed E-state index contributed by atoms with van der Waals surface area (Å²) in [6.45, 7) is 6.01. The van der Waals surface area contributed by atoms with Crippen molar-refractivity contribution in [3.05, 3.63) is 0 Å². The quantitative estimate of drug-likeness (QED) is 0.796. The van der Waals surface area contributed by atoms with Crippen LogP contribution in [0, 0.1) is 11.8 Å². The summed E-state index contributed by atoms with van der Waals surface area (Å²) in [4.78, 5) is 15.7. The Morgan fingerprint density at radius 2 is 2.25 bits per heavy atom. The van der Waals surface area contributed by atoms with Gasteiger partial charge in [-0.3, -0.25) is 10.1 Å². The summed E-state index contributed by atoms with van der Waals surface area (Å²) in [5.41, 5.74) is 0. The number of ether oxygens (including phenoxy) is 1. The first kappa shape index (κ1) is 12.5. The Kier molecular flexibility index (Phi) is 4.28. The number of anilines is 1. The molecule has 0 aromatic carbocycles. The fourth-order valence-electron chi connectivity index (χ4n) is 1.24. The van der Waals surface area contributed by atoms with Crippen molar-refractivity contribution in [2.75, 3.05) is 12.4 Å². The van der Waals surface area contributed by atoms with Crippen LogP contribution in [-0.4, -0.2) is 28.2 Å². The Bertz CT molecular complexity index is 350. The molecule has 1 heterocycles. The first-order chi connectivity index (χ1) is 7.58. The van der Waals surface area contributed by atoms with E-state index in [-0.39, 0.29) is 17.8 Å². The fraction of sp³-hybridized carbons (Fsp3) is 0.700. The first-order valence-electron chi connectivity index (χ1n) is 5.35. The molecule has 0 fully saturated rings. The third-order valence-corrected chi connectivity index (χ3v) is 2.80. The molecule has 6 nitrogen and oxygen atoms in total. The molecule has 0 unspecified atom stereocenters. The van der Waals surface area contributed by atoms with Gasteiger partial charge in [0.15, 0.2) is 0 Å². The number of amides is 1. The van der Waals surface area contributed by atoms with Gasteiger partial charge in [0.25, 0.3) is 0 Å². The van der Waals surface area contributed by atoms with Crippen LogP contribution in [0.1, 0.15) is 27.2 Å². The van der Waals surface area contributed by atoms with Gasteiger partial charge in [-0.25, -0.2) is 5.10 Å². The lowest BCUT2D eigenvalue weighted by Gasteiger charge is -2.16. The van der Waals surface area contributed by atoms with E-state index in [9.17, 15) is 4.79 Å². The molecule has 1 aromatic heterocycles. The SMILES string of the molecule is CC[C@H](C)[C@H](C)C(=O)Nc1nc(OC)n[nH]1. The van der Waals surface area contributed by atoms with Crippen LogP contribution >= 0.6 is 0 Å². The van der Waals surface area contributed by atoms with Gasteiger partial charge in [0.05, 0.1) is 7.11 Å². The number of nitrogens with zero attached hydrogens (tertiary/aromatic N) is 2. The lowest BCUT2D eigenvalue weighted by molar-refractivity contribution is -0.120. The zero-order valence-corrected chi connectivity index (χ0v) is 10.1. The number of H-pyrrole nitrogens is 1. The molecule has 0 spiro atoms. The number of methoxy groups -OCH3 is 1. The zero-order chi connectivity index (χ0) is 12.1. The second-order valence-corrected chi connectivity index (χ2v) is 3.83. The topological polar surface area (TPSA) is 79.9 Å². The second-order valence-electron chi connectivity index (χ2n) is 3.83. The number of rotatable bonds is 5. The number of aromatic amines is 1. The lowest BCUT2D eigenvalue weighted by Crippen LogP contribution is -2.25. The van der Waals surface area contributed by atoms with Crippen molar-refractivity contribution in [3.8, 4) is 6.01 Å². The van der Waals surface area contributed by atoms with E-state index in [1.807, 2.05) is 13.8 Å². The van der Waals surface area contributed by atoms with Crippen LogP contribution in [0.2, 0.25) is 0 Å². The van der Waals surface area contributed by atoms with E-state index in [2.05, 4.69) is 27.4 Å². The van der Waals surface area contributed by atoms with Crippen molar-refractivity contribution in [1.29, 1.82) is 0 Å². The van der Waals surface area contributed by atoms with Gasteiger partial charge in [-0.15, -0.1) is 5.10 Å². The molecule has 0 bridgehead atoms. The van der Waals surface area contributed by atoms with Gasteiger partial charge in [-0.1, -0.05) is 27.2 Å². The number of nitrogens with one attached hydrogen (secondary N) is 2. The summed E-state index contributed by atoms with van der Waals surface area (Å²) in [5, 5.41) is 8.98. The number of carbonyl (C=O) groups excluding carboxylic acids is 1. The Balaban J connectivity index is 2.57. The highest BCUT2D eigenvalue weighted by atomic mass is 16.5. The van der Waals surface area contributed by atoms with Gasteiger partial charge in [-0.2, -0.15) is 4.98 Å². The molecule has 0 aliphatic heterocycles. The Labute approximate surface area is 94.8 Å². The largest absolute Gasteiger partial charge is 0.466 e. The van der Waals surface area contributed by atoms with E-state index in [0.717, 1.165) is 6.42 Å². The summed E-state index contributed by atoms with van der Waals surface area (Å²) < 4.78 is 4.80. The summed E-state index contributed by atoms with van der Waals surface area (Å²) in [6.07, 6.45) is 0.967. The minimum absolute atomic E-state index is 0.0545. The summed E-state index contributed by atoms with van der Waals surface area (Å²) in [6, 6.07) is 0.214. The van der Waals surface area contributed by atoms with Crippen LogP contribution in [0.5, 0.6) is 6.01 Å². The Morgan fingerprint density at radius 1 is 1.56 bits per heavy atom. The molecule has 6 heteroatoms. The predicted molar refractivity (Wildman–Crippen MR) is 60.2 cm³/mol. The van der Waals surface area contributed by atoms with Crippen LogP contribution in [0.3, 0.4) is 0 Å². The first-order valence-corrected chi connectivity index (χ1v) is 5.35. The maximum atomic E-state index is 11.8. The van der Waals surface area contributed by atoms with Crippen LogP contribution in [0.4, 0.5) is 5.95 Å². The van der Waals surface area contributed by atoms with Gasteiger partial charge in [0, 0.05) is 5.92 Å². The molecule has 0 aliphatic rings. The molecule has 1 amide bonds. The van der Waals surface area contributed by atoms with Crippen molar-refractivity contribution >= 4 is 11.9 Å². The van der Waals surface area contributed by atoms with E-state index < -0.39 is 0 Å². The van der Waals surface area contributed by atoms with Crippen molar-refractivity contribution in [2.24, 2.45) is 11.8 Å². The van der Waals surface area contributed by atoms with Crippen molar-refractivity contribution in [1.82, 2.24) is 15.2 Å². The number of aromatic nitrogens is 3. The number of hydrogen-bond acceptors (Lipinski definition) is 4. The normalized spacial score (nSPS) is 14.2. The zero-order valence-electron chi connectivity index (χ0n) is 10.1. The van der Waals surface area contributed by atoms with Gasteiger partial charge >= 0.3 is 6.01 Å². The number of hydrogen-bond donors (Lipinski definition) is 2. The average Bonchev–Trinajstić information content (AvgIpc) is 2.74. The van der Waals surface area contributed by atoms with Crippen LogP contribution in [-0.2, 0) is 4.79 Å². The monoisotopic (exact) mass is 226 g/mol. The van der Waals surface area contributed by atoms with Gasteiger partial charge in [0.1, 0.15) is 0 Å². The Morgan fingerprint density at radius 3 is 2.75 bits per heavy atom. The van der Waals surface area contributed by atoms with Gasteiger partial charge in [-0.05, 0) is 5.92 Å². The van der Waals surface area contributed by atoms with Gasteiger partial charge < -0.3 is 4.74 Å². The molecule has 90 valence electrons. The van der Waals surface area contributed by atoms with E-state index in [1.54, 1.807) is 0 Å². The highest BCUT2D eigenvalue weighted by molar-refractivity contribution is 5.90. The molecular formula is C10H18N4O2. The molecule has 0 saturated carbocycles. The van der Waals surface area contributed by atoms with E-state index in [4.69, 9.17) is 4.74 Å². The van der Waals surface area contributed by atoms with Crippen molar-refractivity contribution in [2.45, 2.75) is 27.2 Å². The van der Waals surface area contributed by atoms with Crippen molar-refractivity contribution < 1.29 is 9.53 Å². The van der Waals surface area contributed by atoms with E-state index in [0.29, 0.717) is 11.9 Å². The third kappa shape index (κ3) is 2.95. The van der Waals surface area contributed by atoms with E-state index >= 15 is 0 Å². The maximum absolute atomic E-state index is 11.8. The minimum Gasteiger partial charge on any atom is -0.466 e. The summed E-state index contributed by atoms with van der Waals surface area (Å²) >= 11 is 0. The molecule has 0 aliphatic carbocycles. The van der Waals surface area contributed by atoms with Crippen LogP contribution in [0.15, 0.2) is 0 Å². The average molecular weight is 226 g/mol. The van der Waals surface area contributed by atoms with Crippen molar-refractivity contribution in [3.63, 3.8) is 0 Å². The standard InChI is InChI=1S/C10H18N4O2/c1-5-6(2)7(3)8(15)11-9-12-10(16-4)14-13-9/h6-7H,5H2,1-4H3,(H2,11,12,13,14,15)/t6-,7-/m0/s1. The Hall–Kier alpha value is -1.59. The van der Waals surface area contributed by atoms with Crippen LogP contribution in [0.25, 0.3) is 0 Å². The highest BCUT2D eigenvalue weighted by Gasteiger charge is 2.19. The lowest BCUT2D eigenvalue weighted by atomic mass is 9.93. The second kappa shape index (κ2) is 5.48. The molecule has 16 heavy (non-hydrogen) atoms. The molecule has 1 rings (SSSR count). The minimum atomic E-state index is -0.0619. The molecule has 1 aromatic rings. The maximum Gasteiger partial charge on any atom is 0.336 e. The van der Waals surface area contributed by atoms with E-state index in [1.165, 1.54) is 7.11 Å². The third-order valence-electron chi connectivity index (χ3n) is 2.80.